The van der Waals surface area contributed by atoms with Crippen LogP contribution in [0.3, 0.4) is 0 Å². The van der Waals surface area contributed by atoms with Crippen LogP contribution in [-0.4, -0.2) is 39.5 Å². The summed E-state index contributed by atoms with van der Waals surface area (Å²) in [6.07, 6.45) is 4.59. The van der Waals surface area contributed by atoms with E-state index in [9.17, 15) is 14.4 Å². The summed E-state index contributed by atoms with van der Waals surface area (Å²) in [5, 5.41) is 4.00. The molecule has 0 radical (unpaired) electrons. The molecule has 7 nitrogen and oxygen atoms in total. The number of nitrogens with zero attached hydrogens (tertiary/aromatic N) is 2. The summed E-state index contributed by atoms with van der Waals surface area (Å²) in [5.41, 5.74) is 4.04. The molecule has 0 spiro atoms. The number of ether oxygens (including phenoxy) is 1. The van der Waals surface area contributed by atoms with Crippen molar-refractivity contribution < 1.29 is 14.3 Å². The van der Waals surface area contributed by atoms with Gasteiger partial charge in [-0.25, -0.2) is 9.78 Å². The second-order valence-electron chi connectivity index (χ2n) is 8.72. The summed E-state index contributed by atoms with van der Waals surface area (Å²) in [4.78, 5) is 45.7. The largest absolute Gasteiger partial charge is 0.462 e. The monoisotopic (exact) mass is 541 g/mol. The van der Waals surface area contributed by atoms with Crippen LogP contribution < -0.4 is 10.9 Å². The third-order valence-electron chi connectivity index (χ3n) is 6.19. The number of hydrogen-bond donors (Lipinski definition) is 1. The van der Waals surface area contributed by atoms with Crippen molar-refractivity contribution in [2.24, 2.45) is 0 Å². The van der Waals surface area contributed by atoms with E-state index in [1.54, 1.807) is 11.5 Å². The molecule has 0 atom stereocenters. The zero-order chi connectivity index (χ0) is 25.2. The number of thiophene rings is 1. The Morgan fingerprint density at radius 2 is 1.94 bits per heavy atom. The van der Waals surface area contributed by atoms with E-state index in [1.165, 1.54) is 34.9 Å². The van der Waals surface area contributed by atoms with E-state index in [4.69, 9.17) is 9.72 Å². The number of fused-ring (bicyclic) bond motifs is 2. The van der Waals surface area contributed by atoms with Crippen molar-refractivity contribution in [3.63, 3.8) is 0 Å². The number of thioether (sulfide) groups is 2. The highest BCUT2D eigenvalue weighted by atomic mass is 32.2. The van der Waals surface area contributed by atoms with Crippen LogP contribution in [0.4, 0.5) is 5.00 Å². The fourth-order valence-corrected chi connectivity index (χ4v) is 7.62. The lowest BCUT2D eigenvalue weighted by molar-refractivity contribution is -0.113. The molecule has 0 saturated heterocycles. The van der Waals surface area contributed by atoms with Gasteiger partial charge in [-0.15, -0.1) is 23.1 Å². The average Bonchev–Trinajstić information content (AvgIpc) is 3.48. The van der Waals surface area contributed by atoms with Gasteiger partial charge in [0.25, 0.3) is 5.56 Å². The molecular formula is C26H27N3O4S3. The van der Waals surface area contributed by atoms with Gasteiger partial charge in [-0.05, 0) is 57.2 Å². The summed E-state index contributed by atoms with van der Waals surface area (Å²) in [5.74, 6) is 0.268. The number of hydrogen-bond acceptors (Lipinski definition) is 8. The topological polar surface area (TPSA) is 90.3 Å². The Bertz CT molecular complexity index is 1380. The highest BCUT2D eigenvalue weighted by Gasteiger charge is 2.28. The summed E-state index contributed by atoms with van der Waals surface area (Å²) in [7, 11) is 0. The predicted molar refractivity (Wildman–Crippen MR) is 145 cm³/mol. The minimum absolute atomic E-state index is 0.0645. The van der Waals surface area contributed by atoms with E-state index in [1.807, 2.05) is 31.2 Å². The minimum Gasteiger partial charge on any atom is -0.462 e. The smallest absolute Gasteiger partial charge is 0.341 e. The first-order valence-corrected chi connectivity index (χ1v) is 14.8. The van der Waals surface area contributed by atoms with Gasteiger partial charge in [-0.3, -0.25) is 14.2 Å². The van der Waals surface area contributed by atoms with E-state index in [-0.39, 0.29) is 29.8 Å². The van der Waals surface area contributed by atoms with Crippen molar-refractivity contribution in [2.75, 3.05) is 23.4 Å². The van der Waals surface area contributed by atoms with Gasteiger partial charge in [0.05, 0.1) is 34.2 Å². The van der Waals surface area contributed by atoms with E-state index < -0.39 is 0 Å². The van der Waals surface area contributed by atoms with Gasteiger partial charge in [0.2, 0.25) is 5.91 Å². The summed E-state index contributed by atoms with van der Waals surface area (Å²) >= 11 is 4.24. The van der Waals surface area contributed by atoms with E-state index in [0.29, 0.717) is 20.6 Å². The van der Waals surface area contributed by atoms with Gasteiger partial charge in [-0.2, -0.15) is 0 Å². The molecule has 1 amide bonds. The van der Waals surface area contributed by atoms with Gasteiger partial charge in [0, 0.05) is 17.1 Å². The molecule has 3 heterocycles. The molecule has 1 N–H and O–H groups in total. The van der Waals surface area contributed by atoms with E-state index >= 15 is 0 Å². The number of rotatable bonds is 7. The Kier molecular flexibility index (Phi) is 7.55. The van der Waals surface area contributed by atoms with Crippen LogP contribution in [0, 0.1) is 6.92 Å². The molecule has 5 rings (SSSR count). The normalized spacial score (nSPS) is 14.3. The van der Waals surface area contributed by atoms with Crippen molar-refractivity contribution in [3.8, 4) is 5.69 Å². The number of carbonyl (C=O) groups excluding carboxylic acids is 2. The molecular weight excluding hydrogens is 515 g/mol. The van der Waals surface area contributed by atoms with Crippen molar-refractivity contribution in [2.45, 2.75) is 56.0 Å². The van der Waals surface area contributed by atoms with E-state index in [2.05, 4.69) is 5.32 Å². The average molecular weight is 542 g/mol. The SMILES string of the molecule is CCOC(=O)c1c(NC(=O)CSc2nc3c(c(=O)n2-c2ccc(C)cc2)SCC3)sc2c1CCCC2. The van der Waals surface area contributed by atoms with Crippen LogP contribution in [0.1, 0.15) is 51.8 Å². The zero-order valence-corrected chi connectivity index (χ0v) is 22.7. The molecule has 10 heteroatoms. The number of benzene rings is 1. The first-order valence-electron chi connectivity index (χ1n) is 12.1. The number of amides is 1. The number of aromatic nitrogens is 2. The molecule has 1 aliphatic heterocycles. The van der Waals surface area contributed by atoms with Crippen molar-refractivity contribution in [1.29, 1.82) is 0 Å². The van der Waals surface area contributed by atoms with Crippen LogP contribution in [0.15, 0.2) is 39.1 Å². The van der Waals surface area contributed by atoms with Crippen LogP contribution in [0.2, 0.25) is 0 Å². The standard InChI is InChI=1S/C26H27N3O4S3/c1-3-33-25(32)21-17-6-4-5-7-19(17)36-23(21)28-20(30)14-35-26-27-18-12-13-34-22(18)24(31)29(26)16-10-8-15(2)9-11-16/h8-11H,3-7,12-14H2,1-2H3,(H,28,30). The highest BCUT2D eigenvalue weighted by molar-refractivity contribution is 8.00. The van der Waals surface area contributed by atoms with E-state index in [0.717, 1.165) is 65.2 Å². The third kappa shape index (κ3) is 4.99. The first-order chi connectivity index (χ1) is 17.5. The lowest BCUT2D eigenvalue weighted by atomic mass is 9.95. The molecule has 2 aromatic heterocycles. The maximum absolute atomic E-state index is 13.3. The lowest BCUT2D eigenvalue weighted by Gasteiger charge is -2.14. The zero-order valence-electron chi connectivity index (χ0n) is 20.2. The number of esters is 1. The maximum atomic E-state index is 13.3. The van der Waals surface area contributed by atoms with Crippen LogP contribution in [0.5, 0.6) is 0 Å². The second-order valence-corrected chi connectivity index (χ2v) is 11.9. The number of nitrogens with one attached hydrogen (secondary N) is 1. The van der Waals surface area contributed by atoms with Crippen molar-refractivity contribution >= 4 is 51.7 Å². The molecule has 0 unspecified atom stereocenters. The highest BCUT2D eigenvalue weighted by Crippen LogP contribution is 2.39. The molecule has 3 aromatic rings. The molecule has 188 valence electrons. The predicted octanol–water partition coefficient (Wildman–Crippen LogP) is 5.04. The Morgan fingerprint density at radius 1 is 1.17 bits per heavy atom. The molecule has 2 aliphatic rings. The molecule has 36 heavy (non-hydrogen) atoms. The van der Waals surface area contributed by atoms with Crippen molar-refractivity contribution in [1.82, 2.24) is 9.55 Å². The maximum Gasteiger partial charge on any atom is 0.341 e. The van der Waals surface area contributed by atoms with Gasteiger partial charge in [-0.1, -0.05) is 29.5 Å². The summed E-state index contributed by atoms with van der Waals surface area (Å²) in [6.45, 7) is 4.06. The molecule has 1 aliphatic carbocycles. The number of anilines is 1. The van der Waals surface area contributed by atoms with Crippen LogP contribution in [0.25, 0.3) is 5.69 Å². The second kappa shape index (κ2) is 10.8. The van der Waals surface area contributed by atoms with Crippen molar-refractivity contribution in [3.05, 3.63) is 61.9 Å². The fraction of sp³-hybridized carbons (Fsp3) is 0.385. The number of aryl methyl sites for hydroxylation is 3. The molecule has 0 bridgehead atoms. The van der Waals surface area contributed by atoms with Gasteiger partial charge in [0.1, 0.15) is 5.00 Å². The van der Waals surface area contributed by atoms with Gasteiger partial charge >= 0.3 is 5.97 Å². The molecule has 0 saturated carbocycles. The van der Waals surface area contributed by atoms with Crippen LogP contribution in [-0.2, 0) is 28.8 Å². The Balaban J connectivity index is 1.40. The quantitative estimate of drug-likeness (QED) is 0.255. The minimum atomic E-state index is -0.383. The van der Waals surface area contributed by atoms with Crippen LogP contribution >= 0.6 is 34.9 Å². The Hall–Kier alpha value is -2.56. The summed E-state index contributed by atoms with van der Waals surface area (Å²) in [6, 6.07) is 7.71. The van der Waals surface area contributed by atoms with Gasteiger partial charge in [0.15, 0.2) is 5.16 Å². The fourth-order valence-electron chi connectivity index (χ4n) is 4.48. The molecule has 0 fully saturated rings. The Labute approximate surface area is 222 Å². The first kappa shape index (κ1) is 25.1. The third-order valence-corrected chi connectivity index (χ3v) is 9.45. The van der Waals surface area contributed by atoms with Gasteiger partial charge < -0.3 is 10.1 Å². The Morgan fingerprint density at radius 3 is 2.72 bits per heavy atom. The summed E-state index contributed by atoms with van der Waals surface area (Å²) < 4.78 is 6.89. The number of carbonyl (C=O) groups is 2. The lowest BCUT2D eigenvalue weighted by Crippen LogP contribution is -2.24. The molecule has 1 aromatic carbocycles.